The van der Waals surface area contributed by atoms with Crippen molar-refractivity contribution in [3.8, 4) is 0 Å². The highest BCUT2D eigenvalue weighted by molar-refractivity contribution is 8.00. The maximum atomic E-state index is 13.4. The third kappa shape index (κ3) is 7.94. The molecule has 0 fully saturated rings. The monoisotopic (exact) mass is 549 g/mol. The van der Waals surface area contributed by atoms with Gasteiger partial charge in [-0.3, -0.25) is 14.4 Å². The van der Waals surface area contributed by atoms with Crippen LogP contribution in [0.4, 0.5) is 11.4 Å². The molecule has 0 heterocycles. The van der Waals surface area contributed by atoms with Crippen molar-refractivity contribution in [3.63, 3.8) is 0 Å². The fourth-order valence-corrected chi connectivity index (χ4v) is 4.75. The molecule has 4 rings (SSSR count). The first kappa shape index (κ1) is 28.4. The van der Waals surface area contributed by atoms with Crippen molar-refractivity contribution in [2.24, 2.45) is 0 Å². The van der Waals surface area contributed by atoms with Crippen LogP contribution in [0.15, 0.2) is 108 Å². The summed E-state index contributed by atoms with van der Waals surface area (Å²) in [5.41, 5.74) is 5.85. The van der Waals surface area contributed by atoms with Gasteiger partial charge in [-0.25, -0.2) is 0 Å². The minimum absolute atomic E-state index is 0.113. The normalized spacial score (nSPS) is 11.0. The summed E-state index contributed by atoms with van der Waals surface area (Å²) in [6.07, 6.45) is 1.67. The van der Waals surface area contributed by atoms with Crippen LogP contribution in [0.1, 0.15) is 32.6 Å². The van der Waals surface area contributed by atoms with Gasteiger partial charge < -0.3 is 16.0 Å². The van der Waals surface area contributed by atoms with Gasteiger partial charge in [0.2, 0.25) is 5.91 Å². The maximum absolute atomic E-state index is 13.4. The van der Waals surface area contributed by atoms with E-state index in [0.29, 0.717) is 11.3 Å². The molecule has 7 heteroatoms. The van der Waals surface area contributed by atoms with E-state index >= 15 is 0 Å². The average molecular weight is 550 g/mol. The summed E-state index contributed by atoms with van der Waals surface area (Å²) in [6.45, 7) is 5.92. The molecule has 0 bridgehead atoms. The van der Waals surface area contributed by atoms with Gasteiger partial charge in [-0.2, -0.15) is 0 Å². The number of benzene rings is 4. The van der Waals surface area contributed by atoms with Gasteiger partial charge in [0.15, 0.2) is 0 Å². The predicted molar refractivity (Wildman–Crippen MR) is 163 cm³/mol. The van der Waals surface area contributed by atoms with Crippen molar-refractivity contribution in [1.29, 1.82) is 0 Å². The maximum Gasteiger partial charge on any atom is 0.272 e. The lowest BCUT2D eigenvalue weighted by Crippen LogP contribution is -2.30. The highest BCUT2D eigenvalue weighted by atomic mass is 32.2. The standard InChI is InChI=1S/C33H31N3O3S/c1-22-16-17-29(24(3)18-22)35-31(37)21-40-28-15-9-14-27(20-28)34-33(39)30(19-26-13-8-7-10-23(26)2)36-32(38)25-11-5-4-6-12-25/h4-20H,21H2,1-3H3,(H,34,39)(H,35,37)(H,36,38)/b30-19-. The smallest absolute Gasteiger partial charge is 0.272 e. The van der Waals surface area contributed by atoms with Crippen LogP contribution in [-0.2, 0) is 9.59 Å². The molecule has 0 aromatic heterocycles. The van der Waals surface area contributed by atoms with Crippen LogP contribution < -0.4 is 16.0 Å². The highest BCUT2D eigenvalue weighted by Gasteiger charge is 2.16. The summed E-state index contributed by atoms with van der Waals surface area (Å²) in [4.78, 5) is 39.6. The lowest BCUT2D eigenvalue weighted by Gasteiger charge is -2.13. The number of thioether (sulfide) groups is 1. The minimum Gasteiger partial charge on any atom is -0.325 e. The second-order valence-corrected chi connectivity index (χ2v) is 10.4. The molecule has 0 unspecified atom stereocenters. The SMILES string of the molecule is Cc1ccc(NC(=O)CSc2cccc(NC(=O)/C(=C/c3ccccc3C)NC(=O)c3ccccc3)c2)c(C)c1. The Morgan fingerprint density at radius 3 is 2.25 bits per heavy atom. The van der Waals surface area contributed by atoms with Gasteiger partial charge >= 0.3 is 0 Å². The summed E-state index contributed by atoms with van der Waals surface area (Å²) in [6, 6.07) is 29.5. The van der Waals surface area contributed by atoms with Crippen LogP contribution in [0, 0.1) is 20.8 Å². The Morgan fingerprint density at radius 1 is 0.750 bits per heavy atom. The Hall–Kier alpha value is -4.62. The summed E-state index contributed by atoms with van der Waals surface area (Å²) in [7, 11) is 0. The minimum atomic E-state index is -0.456. The Bertz CT molecular complexity index is 1560. The zero-order valence-corrected chi connectivity index (χ0v) is 23.5. The zero-order chi connectivity index (χ0) is 28.5. The number of anilines is 2. The van der Waals surface area contributed by atoms with Crippen LogP contribution in [0.5, 0.6) is 0 Å². The Kier molecular flexibility index (Phi) is 9.54. The molecule has 0 spiro atoms. The lowest BCUT2D eigenvalue weighted by molar-refractivity contribution is -0.114. The van der Waals surface area contributed by atoms with Gasteiger partial charge in [-0.15, -0.1) is 11.8 Å². The molecule has 40 heavy (non-hydrogen) atoms. The molecule has 3 N–H and O–H groups in total. The van der Waals surface area contributed by atoms with Crippen molar-refractivity contribution < 1.29 is 14.4 Å². The van der Waals surface area contributed by atoms with Gasteiger partial charge in [-0.05, 0) is 79.9 Å². The molecule has 202 valence electrons. The summed E-state index contributed by atoms with van der Waals surface area (Å²) in [5, 5.41) is 8.60. The van der Waals surface area contributed by atoms with E-state index in [2.05, 4.69) is 16.0 Å². The number of rotatable bonds is 9. The second kappa shape index (κ2) is 13.4. The zero-order valence-electron chi connectivity index (χ0n) is 22.7. The molecule has 0 saturated carbocycles. The molecular formula is C33H31N3O3S. The Morgan fingerprint density at radius 2 is 1.50 bits per heavy atom. The fraction of sp³-hybridized carbons (Fsp3) is 0.121. The van der Waals surface area contributed by atoms with Crippen LogP contribution in [0.25, 0.3) is 6.08 Å². The highest BCUT2D eigenvalue weighted by Crippen LogP contribution is 2.23. The number of amides is 3. The third-order valence-corrected chi connectivity index (χ3v) is 7.13. The van der Waals surface area contributed by atoms with Crippen LogP contribution >= 0.6 is 11.8 Å². The van der Waals surface area contributed by atoms with E-state index in [0.717, 1.165) is 32.8 Å². The molecule has 4 aromatic rings. The Balaban J connectivity index is 1.45. The number of aryl methyl sites for hydroxylation is 3. The van der Waals surface area contributed by atoms with Crippen molar-refractivity contribution in [2.45, 2.75) is 25.7 Å². The van der Waals surface area contributed by atoms with Gasteiger partial charge in [0.05, 0.1) is 5.75 Å². The average Bonchev–Trinajstić information content (AvgIpc) is 2.95. The molecule has 0 saturated heterocycles. The predicted octanol–water partition coefficient (Wildman–Crippen LogP) is 6.75. The summed E-state index contributed by atoms with van der Waals surface area (Å²) in [5.74, 6) is -0.730. The molecule has 3 amide bonds. The van der Waals surface area contributed by atoms with Gasteiger partial charge in [0.25, 0.3) is 11.8 Å². The van der Waals surface area contributed by atoms with Crippen molar-refractivity contribution in [3.05, 3.63) is 131 Å². The van der Waals surface area contributed by atoms with E-state index in [-0.39, 0.29) is 23.3 Å². The number of carbonyl (C=O) groups is 3. The van der Waals surface area contributed by atoms with E-state index in [1.54, 1.807) is 42.5 Å². The van der Waals surface area contributed by atoms with Gasteiger partial charge in [-0.1, -0.05) is 66.2 Å². The van der Waals surface area contributed by atoms with Crippen LogP contribution in [0.2, 0.25) is 0 Å². The first-order valence-electron chi connectivity index (χ1n) is 12.8. The number of nitrogens with one attached hydrogen (secondary N) is 3. The van der Waals surface area contributed by atoms with E-state index in [4.69, 9.17) is 0 Å². The second-order valence-electron chi connectivity index (χ2n) is 9.37. The number of carbonyl (C=O) groups excluding carboxylic acids is 3. The molecule has 6 nitrogen and oxygen atoms in total. The summed E-state index contributed by atoms with van der Waals surface area (Å²) >= 11 is 1.37. The fourth-order valence-electron chi connectivity index (χ4n) is 4.00. The molecular weight excluding hydrogens is 518 g/mol. The molecule has 0 radical (unpaired) electrons. The van der Waals surface area contributed by atoms with E-state index < -0.39 is 5.91 Å². The van der Waals surface area contributed by atoms with Crippen molar-refractivity contribution in [1.82, 2.24) is 5.32 Å². The largest absolute Gasteiger partial charge is 0.325 e. The van der Waals surface area contributed by atoms with Crippen molar-refractivity contribution in [2.75, 3.05) is 16.4 Å². The Labute approximate surface area is 238 Å². The van der Waals surface area contributed by atoms with Crippen LogP contribution in [-0.4, -0.2) is 23.5 Å². The molecule has 0 aliphatic rings. The quantitative estimate of drug-likeness (QED) is 0.159. The van der Waals surface area contributed by atoms with Gasteiger partial charge in [0.1, 0.15) is 5.70 Å². The summed E-state index contributed by atoms with van der Waals surface area (Å²) < 4.78 is 0. The van der Waals surface area contributed by atoms with E-state index in [1.165, 1.54) is 11.8 Å². The van der Waals surface area contributed by atoms with Gasteiger partial charge in [0, 0.05) is 21.8 Å². The molecule has 0 aliphatic heterocycles. The lowest BCUT2D eigenvalue weighted by atomic mass is 10.1. The van der Waals surface area contributed by atoms with E-state index in [1.807, 2.05) is 81.4 Å². The van der Waals surface area contributed by atoms with Crippen LogP contribution in [0.3, 0.4) is 0 Å². The third-order valence-electron chi connectivity index (χ3n) is 6.13. The first-order valence-corrected chi connectivity index (χ1v) is 13.8. The number of hydrogen-bond donors (Lipinski definition) is 3. The number of hydrogen-bond acceptors (Lipinski definition) is 4. The molecule has 0 aliphatic carbocycles. The van der Waals surface area contributed by atoms with Crippen molar-refractivity contribution >= 4 is 46.9 Å². The molecule has 4 aromatic carbocycles. The topological polar surface area (TPSA) is 87.3 Å². The molecule has 0 atom stereocenters. The first-order chi connectivity index (χ1) is 19.3. The van der Waals surface area contributed by atoms with E-state index in [9.17, 15) is 14.4 Å².